The SMILES string of the molecule is CCN(Cc1nccn1CC(=O)O)Cc1nccn1CC(=O)O. The molecular weight excluding hydrogens is 302 g/mol. The predicted molar refractivity (Wildman–Crippen MR) is 79.5 cm³/mol. The fourth-order valence-electron chi connectivity index (χ4n) is 2.24. The van der Waals surface area contributed by atoms with Crippen LogP contribution < -0.4 is 0 Å². The van der Waals surface area contributed by atoms with Crippen LogP contribution in [0.1, 0.15) is 18.6 Å². The van der Waals surface area contributed by atoms with Crippen molar-refractivity contribution in [2.45, 2.75) is 33.1 Å². The van der Waals surface area contributed by atoms with E-state index in [9.17, 15) is 9.59 Å². The molecule has 0 aliphatic carbocycles. The Hall–Kier alpha value is -2.68. The first-order chi connectivity index (χ1) is 11.0. The minimum Gasteiger partial charge on any atom is -0.480 e. The summed E-state index contributed by atoms with van der Waals surface area (Å²) in [5, 5.41) is 17.8. The number of aromatic nitrogens is 4. The fourth-order valence-corrected chi connectivity index (χ4v) is 2.24. The molecule has 2 aromatic rings. The summed E-state index contributed by atoms with van der Waals surface area (Å²) in [5.74, 6) is -0.565. The van der Waals surface area contributed by atoms with Crippen molar-refractivity contribution < 1.29 is 19.8 Å². The highest BCUT2D eigenvalue weighted by atomic mass is 16.4. The maximum atomic E-state index is 10.8. The number of imidazole rings is 2. The van der Waals surface area contributed by atoms with Crippen molar-refractivity contribution in [1.29, 1.82) is 0 Å². The number of hydrogen-bond acceptors (Lipinski definition) is 5. The van der Waals surface area contributed by atoms with Crippen LogP contribution in [-0.2, 0) is 35.8 Å². The molecule has 0 bridgehead atoms. The summed E-state index contributed by atoms with van der Waals surface area (Å²) in [7, 11) is 0. The van der Waals surface area contributed by atoms with Crippen LogP contribution in [0.5, 0.6) is 0 Å². The molecule has 2 aromatic heterocycles. The van der Waals surface area contributed by atoms with E-state index in [4.69, 9.17) is 10.2 Å². The van der Waals surface area contributed by atoms with Crippen LogP contribution in [0.4, 0.5) is 0 Å². The lowest BCUT2D eigenvalue weighted by Gasteiger charge is -2.20. The summed E-state index contributed by atoms with van der Waals surface area (Å²) in [6, 6.07) is 0. The molecule has 0 atom stereocenters. The first-order valence-corrected chi connectivity index (χ1v) is 7.15. The van der Waals surface area contributed by atoms with Crippen molar-refractivity contribution in [2.75, 3.05) is 6.54 Å². The van der Waals surface area contributed by atoms with Crippen LogP contribution in [0.2, 0.25) is 0 Å². The Kier molecular flexibility index (Phi) is 5.47. The van der Waals surface area contributed by atoms with Gasteiger partial charge in [-0.25, -0.2) is 9.97 Å². The largest absolute Gasteiger partial charge is 0.480 e. The van der Waals surface area contributed by atoms with Gasteiger partial charge in [0.15, 0.2) is 0 Å². The van der Waals surface area contributed by atoms with Crippen molar-refractivity contribution in [3.05, 3.63) is 36.4 Å². The average molecular weight is 321 g/mol. The smallest absolute Gasteiger partial charge is 0.323 e. The van der Waals surface area contributed by atoms with Gasteiger partial charge < -0.3 is 19.3 Å². The van der Waals surface area contributed by atoms with Crippen molar-refractivity contribution >= 4 is 11.9 Å². The number of nitrogens with zero attached hydrogens (tertiary/aromatic N) is 5. The molecule has 2 N–H and O–H groups in total. The Bertz CT molecular complexity index is 622. The zero-order chi connectivity index (χ0) is 16.8. The highest BCUT2D eigenvalue weighted by molar-refractivity contribution is 5.66. The molecule has 0 fully saturated rings. The van der Waals surface area contributed by atoms with E-state index in [-0.39, 0.29) is 13.1 Å². The monoisotopic (exact) mass is 321 g/mol. The summed E-state index contributed by atoms with van der Waals surface area (Å²) in [5.41, 5.74) is 0. The van der Waals surface area contributed by atoms with Gasteiger partial charge in [-0.1, -0.05) is 6.92 Å². The molecule has 124 valence electrons. The summed E-state index contributed by atoms with van der Waals surface area (Å²) in [6.45, 7) is 3.29. The highest BCUT2D eigenvalue weighted by Gasteiger charge is 2.14. The maximum absolute atomic E-state index is 10.8. The quantitative estimate of drug-likeness (QED) is 0.681. The van der Waals surface area contributed by atoms with Gasteiger partial charge in [-0.2, -0.15) is 0 Å². The van der Waals surface area contributed by atoms with Gasteiger partial charge in [-0.15, -0.1) is 0 Å². The van der Waals surface area contributed by atoms with Crippen molar-refractivity contribution in [3.8, 4) is 0 Å². The van der Waals surface area contributed by atoms with Crippen LogP contribution in [-0.4, -0.2) is 52.7 Å². The van der Waals surface area contributed by atoms with E-state index in [1.54, 1.807) is 33.9 Å². The molecule has 0 radical (unpaired) electrons. The second-order valence-corrected chi connectivity index (χ2v) is 5.03. The van der Waals surface area contributed by atoms with Gasteiger partial charge in [0.2, 0.25) is 0 Å². The van der Waals surface area contributed by atoms with E-state index in [1.165, 1.54) is 0 Å². The molecular formula is C14H19N5O4. The van der Waals surface area contributed by atoms with E-state index in [0.29, 0.717) is 31.3 Å². The molecule has 9 heteroatoms. The van der Waals surface area contributed by atoms with Gasteiger partial charge in [-0.05, 0) is 6.54 Å². The van der Waals surface area contributed by atoms with Gasteiger partial charge >= 0.3 is 11.9 Å². The van der Waals surface area contributed by atoms with Crippen molar-refractivity contribution in [2.24, 2.45) is 0 Å². The van der Waals surface area contributed by atoms with E-state index in [0.717, 1.165) is 0 Å². The molecule has 0 unspecified atom stereocenters. The van der Waals surface area contributed by atoms with E-state index >= 15 is 0 Å². The second kappa shape index (κ2) is 7.54. The third kappa shape index (κ3) is 4.65. The Morgan fingerprint density at radius 2 is 1.43 bits per heavy atom. The van der Waals surface area contributed by atoms with Crippen LogP contribution in [0, 0.1) is 0 Å². The Balaban J connectivity index is 2.06. The second-order valence-electron chi connectivity index (χ2n) is 5.03. The fraction of sp³-hybridized carbons (Fsp3) is 0.429. The minimum atomic E-state index is -0.927. The van der Waals surface area contributed by atoms with E-state index in [1.807, 2.05) is 11.8 Å². The van der Waals surface area contributed by atoms with Crippen LogP contribution in [0.15, 0.2) is 24.8 Å². The van der Waals surface area contributed by atoms with E-state index < -0.39 is 11.9 Å². The average Bonchev–Trinajstić information content (AvgIpc) is 3.07. The Labute approximate surface area is 132 Å². The normalized spacial score (nSPS) is 11.0. The topological polar surface area (TPSA) is 113 Å². The first kappa shape index (κ1) is 16.7. The predicted octanol–water partition coefficient (Wildman–Crippen LogP) is 0.271. The lowest BCUT2D eigenvalue weighted by Crippen LogP contribution is -2.27. The van der Waals surface area contributed by atoms with Crippen LogP contribution in [0.25, 0.3) is 0 Å². The third-order valence-electron chi connectivity index (χ3n) is 3.39. The molecule has 0 aromatic carbocycles. The summed E-state index contributed by atoms with van der Waals surface area (Å²) >= 11 is 0. The Morgan fingerprint density at radius 1 is 1.00 bits per heavy atom. The third-order valence-corrected chi connectivity index (χ3v) is 3.39. The molecule has 0 saturated heterocycles. The van der Waals surface area contributed by atoms with E-state index in [2.05, 4.69) is 9.97 Å². The summed E-state index contributed by atoms with van der Waals surface area (Å²) < 4.78 is 3.16. The van der Waals surface area contributed by atoms with Gasteiger partial charge in [0, 0.05) is 24.8 Å². The zero-order valence-corrected chi connectivity index (χ0v) is 12.8. The molecule has 23 heavy (non-hydrogen) atoms. The molecule has 0 aliphatic rings. The zero-order valence-electron chi connectivity index (χ0n) is 12.8. The lowest BCUT2D eigenvalue weighted by atomic mass is 10.4. The van der Waals surface area contributed by atoms with Crippen LogP contribution in [0.3, 0.4) is 0 Å². The number of carboxylic acid groups (broad SMARTS) is 2. The highest BCUT2D eigenvalue weighted by Crippen LogP contribution is 2.08. The van der Waals surface area contributed by atoms with Crippen LogP contribution >= 0.6 is 0 Å². The van der Waals surface area contributed by atoms with Gasteiger partial charge in [0.05, 0.1) is 13.1 Å². The number of hydrogen-bond donors (Lipinski definition) is 2. The van der Waals surface area contributed by atoms with Crippen molar-refractivity contribution in [3.63, 3.8) is 0 Å². The van der Waals surface area contributed by atoms with Crippen molar-refractivity contribution in [1.82, 2.24) is 24.0 Å². The minimum absolute atomic E-state index is 0.138. The summed E-state index contributed by atoms with van der Waals surface area (Å²) in [6.07, 6.45) is 6.39. The number of aliphatic carboxylic acids is 2. The van der Waals surface area contributed by atoms with Gasteiger partial charge in [0.25, 0.3) is 0 Å². The van der Waals surface area contributed by atoms with Gasteiger partial charge in [0.1, 0.15) is 24.7 Å². The summed E-state index contributed by atoms with van der Waals surface area (Å²) in [4.78, 5) is 32.1. The maximum Gasteiger partial charge on any atom is 0.323 e. The molecule has 2 heterocycles. The van der Waals surface area contributed by atoms with Gasteiger partial charge in [-0.3, -0.25) is 14.5 Å². The molecule has 0 amide bonds. The molecule has 0 aliphatic heterocycles. The lowest BCUT2D eigenvalue weighted by molar-refractivity contribution is -0.138. The number of carboxylic acids is 2. The number of rotatable bonds is 9. The molecule has 0 saturated carbocycles. The first-order valence-electron chi connectivity index (χ1n) is 7.15. The Morgan fingerprint density at radius 3 is 1.78 bits per heavy atom. The molecule has 0 spiro atoms. The standard InChI is InChI=1S/C14H19N5O4/c1-2-17(7-11-15-3-5-18(11)9-13(20)21)8-12-16-4-6-19(12)10-14(22)23/h3-6H,2,7-10H2,1H3,(H,20,21)(H,22,23). The number of carbonyl (C=O) groups is 2. The molecule has 9 nitrogen and oxygen atoms in total. The molecule has 2 rings (SSSR count).